The van der Waals surface area contributed by atoms with Crippen molar-refractivity contribution in [2.45, 2.75) is 11.9 Å². The molecule has 20 heavy (non-hydrogen) atoms. The molecule has 0 amide bonds. The molecule has 2 rings (SSSR count). The monoisotopic (exact) mass is 356 g/mol. The molecule has 0 saturated carbocycles. The van der Waals surface area contributed by atoms with Gasteiger partial charge in [0.25, 0.3) is 10.0 Å². The number of anilines is 2. The number of aromatic nitrogens is 1. The molecule has 0 aliphatic rings. The lowest BCUT2D eigenvalue weighted by Gasteiger charge is -2.12. The van der Waals surface area contributed by atoms with E-state index in [0.29, 0.717) is 10.2 Å². The van der Waals surface area contributed by atoms with Crippen molar-refractivity contribution < 1.29 is 8.42 Å². The number of nitrogens with one attached hydrogen (secondary N) is 2. The third-order valence-electron chi connectivity index (χ3n) is 2.55. The summed E-state index contributed by atoms with van der Waals surface area (Å²) in [7, 11) is -3.83. The maximum absolute atomic E-state index is 12.4. The zero-order valence-corrected chi connectivity index (χ0v) is 13.0. The van der Waals surface area contributed by atoms with E-state index < -0.39 is 10.0 Å². The molecular weight excluding hydrogens is 344 g/mol. The number of nitrogen functional groups attached to an aromatic ring is 1. The van der Waals surface area contributed by atoms with E-state index in [-0.39, 0.29) is 10.7 Å². The van der Waals surface area contributed by atoms with Crippen LogP contribution < -0.4 is 16.0 Å². The summed E-state index contributed by atoms with van der Waals surface area (Å²) in [6.45, 7) is 1.87. The smallest absolute Gasteiger partial charge is 0.281 e. The van der Waals surface area contributed by atoms with Gasteiger partial charge < -0.3 is 5.43 Å². The first-order valence-corrected chi connectivity index (χ1v) is 7.92. The Kier molecular flexibility index (Phi) is 4.26. The van der Waals surface area contributed by atoms with Crippen LogP contribution in [-0.4, -0.2) is 13.4 Å². The predicted octanol–water partition coefficient (Wildman–Crippen LogP) is 2.24. The lowest BCUT2D eigenvalue weighted by Crippen LogP contribution is -2.19. The van der Waals surface area contributed by atoms with Crippen molar-refractivity contribution >= 4 is 37.3 Å². The van der Waals surface area contributed by atoms with Gasteiger partial charge in [0, 0.05) is 10.7 Å². The third kappa shape index (κ3) is 3.09. The maximum atomic E-state index is 12.4. The second-order valence-corrected chi connectivity index (χ2v) is 6.54. The summed E-state index contributed by atoms with van der Waals surface area (Å²) in [5.41, 5.74) is 3.92. The highest BCUT2D eigenvalue weighted by Gasteiger charge is 2.20. The molecule has 0 aliphatic carbocycles. The van der Waals surface area contributed by atoms with E-state index in [4.69, 9.17) is 5.84 Å². The third-order valence-corrected chi connectivity index (χ3v) is 4.56. The van der Waals surface area contributed by atoms with Crippen molar-refractivity contribution in [1.82, 2.24) is 4.98 Å². The van der Waals surface area contributed by atoms with Gasteiger partial charge in [-0.2, -0.15) is 8.42 Å². The first kappa shape index (κ1) is 14.8. The highest BCUT2D eigenvalue weighted by molar-refractivity contribution is 9.10. The molecule has 4 N–H and O–H groups in total. The van der Waals surface area contributed by atoms with Gasteiger partial charge in [0.15, 0.2) is 0 Å². The molecule has 0 spiro atoms. The summed E-state index contributed by atoms with van der Waals surface area (Å²) in [5.74, 6) is 5.30. The van der Waals surface area contributed by atoms with E-state index in [1.165, 1.54) is 12.3 Å². The predicted molar refractivity (Wildman–Crippen MR) is 81.7 cm³/mol. The van der Waals surface area contributed by atoms with Crippen LogP contribution in [0.25, 0.3) is 0 Å². The van der Waals surface area contributed by atoms with Gasteiger partial charge in [-0.05, 0) is 52.7 Å². The van der Waals surface area contributed by atoms with Gasteiger partial charge >= 0.3 is 0 Å². The van der Waals surface area contributed by atoms with E-state index in [9.17, 15) is 8.42 Å². The average Bonchev–Trinajstić information content (AvgIpc) is 2.42. The molecule has 0 unspecified atom stereocenters. The minimum Gasteiger partial charge on any atom is -0.321 e. The van der Waals surface area contributed by atoms with Crippen LogP contribution in [-0.2, 0) is 10.0 Å². The normalized spacial score (nSPS) is 11.2. The number of hydrazine groups is 1. The molecule has 2 aromatic rings. The number of halogens is 1. The van der Waals surface area contributed by atoms with Crippen LogP contribution in [0.1, 0.15) is 5.56 Å². The number of nitrogens with two attached hydrogens (primary N) is 1. The van der Waals surface area contributed by atoms with E-state index >= 15 is 0 Å². The minimum atomic E-state index is -3.83. The lowest BCUT2D eigenvalue weighted by molar-refractivity contribution is 0.598. The maximum Gasteiger partial charge on any atom is 0.281 e. The number of hydrogen-bond donors (Lipinski definition) is 3. The number of aryl methyl sites for hydroxylation is 1. The Morgan fingerprint density at radius 2 is 2.00 bits per heavy atom. The van der Waals surface area contributed by atoms with Crippen LogP contribution in [0.2, 0.25) is 0 Å². The van der Waals surface area contributed by atoms with Crippen LogP contribution in [0, 0.1) is 6.92 Å². The van der Waals surface area contributed by atoms with E-state index in [1.807, 2.05) is 13.0 Å². The van der Waals surface area contributed by atoms with E-state index in [0.717, 1.165) is 5.56 Å². The van der Waals surface area contributed by atoms with Gasteiger partial charge in [-0.3, -0.25) is 10.6 Å². The number of nitrogens with zero attached hydrogens (tertiary/aromatic N) is 1. The fraction of sp³-hybridized carbons (Fsp3) is 0.0833. The summed E-state index contributed by atoms with van der Waals surface area (Å²) in [6, 6.07) is 8.49. The SMILES string of the molecule is Cc1ccc(Br)c(NS(=O)(=O)c2ncccc2NN)c1. The van der Waals surface area contributed by atoms with Crippen molar-refractivity contribution in [3.63, 3.8) is 0 Å². The zero-order valence-electron chi connectivity index (χ0n) is 10.6. The molecule has 1 aromatic carbocycles. The Morgan fingerprint density at radius 1 is 1.25 bits per heavy atom. The van der Waals surface area contributed by atoms with Crippen molar-refractivity contribution in [2.75, 3.05) is 10.1 Å². The molecule has 0 fully saturated rings. The summed E-state index contributed by atoms with van der Waals surface area (Å²) in [4.78, 5) is 3.86. The van der Waals surface area contributed by atoms with Gasteiger partial charge in [0.1, 0.15) is 0 Å². The van der Waals surface area contributed by atoms with E-state index in [1.54, 1.807) is 18.2 Å². The van der Waals surface area contributed by atoms with Crippen LogP contribution in [0.4, 0.5) is 11.4 Å². The average molecular weight is 357 g/mol. The molecule has 0 aliphatic heterocycles. The van der Waals surface area contributed by atoms with Crippen LogP contribution in [0.15, 0.2) is 46.0 Å². The highest BCUT2D eigenvalue weighted by Crippen LogP contribution is 2.27. The van der Waals surface area contributed by atoms with Crippen LogP contribution in [0.5, 0.6) is 0 Å². The molecule has 8 heteroatoms. The Balaban J connectivity index is 2.43. The highest BCUT2D eigenvalue weighted by atomic mass is 79.9. The molecule has 106 valence electrons. The number of rotatable bonds is 4. The Bertz CT molecular complexity index is 734. The van der Waals surface area contributed by atoms with Crippen molar-refractivity contribution in [3.8, 4) is 0 Å². The second kappa shape index (κ2) is 5.78. The molecule has 0 radical (unpaired) electrons. The van der Waals surface area contributed by atoms with Crippen molar-refractivity contribution in [2.24, 2.45) is 5.84 Å². The number of sulfonamides is 1. The largest absolute Gasteiger partial charge is 0.321 e. The number of benzene rings is 1. The zero-order chi connectivity index (χ0) is 14.8. The van der Waals surface area contributed by atoms with Crippen molar-refractivity contribution in [3.05, 3.63) is 46.6 Å². The standard InChI is InChI=1S/C12H13BrN4O2S/c1-8-4-5-9(13)11(7-8)17-20(18,19)12-10(16-14)3-2-6-15-12/h2-7,16-17H,14H2,1H3. The Morgan fingerprint density at radius 3 is 2.70 bits per heavy atom. The molecule has 0 bridgehead atoms. The fourth-order valence-electron chi connectivity index (χ4n) is 1.63. The molecular formula is C12H13BrN4O2S. The topological polar surface area (TPSA) is 97.1 Å². The Hall–Kier alpha value is -1.64. The summed E-state index contributed by atoms with van der Waals surface area (Å²) in [6.07, 6.45) is 1.39. The number of pyridine rings is 1. The van der Waals surface area contributed by atoms with Crippen LogP contribution >= 0.6 is 15.9 Å². The van der Waals surface area contributed by atoms with Crippen molar-refractivity contribution in [1.29, 1.82) is 0 Å². The van der Waals surface area contributed by atoms with Gasteiger partial charge in [0.2, 0.25) is 5.03 Å². The van der Waals surface area contributed by atoms with Gasteiger partial charge in [-0.25, -0.2) is 4.98 Å². The fourth-order valence-corrected chi connectivity index (χ4v) is 3.27. The van der Waals surface area contributed by atoms with Gasteiger partial charge in [-0.1, -0.05) is 6.07 Å². The number of hydrogen-bond acceptors (Lipinski definition) is 5. The Labute approximate surface area is 125 Å². The first-order chi connectivity index (χ1) is 9.44. The van der Waals surface area contributed by atoms with Gasteiger partial charge in [0.05, 0.1) is 11.4 Å². The quantitative estimate of drug-likeness (QED) is 0.576. The van der Waals surface area contributed by atoms with Gasteiger partial charge in [-0.15, -0.1) is 0 Å². The second-order valence-electron chi connectivity index (χ2n) is 4.09. The first-order valence-electron chi connectivity index (χ1n) is 5.64. The van der Waals surface area contributed by atoms with E-state index in [2.05, 4.69) is 31.1 Å². The summed E-state index contributed by atoms with van der Waals surface area (Å²) >= 11 is 3.30. The summed E-state index contributed by atoms with van der Waals surface area (Å²) < 4.78 is 27.8. The molecule has 0 atom stereocenters. The molecule has 0 saturated heterocycles. The molecule has 1 aromatic heterocycles. The van der Waals surface area contributed by atoms with Crippen LogP contribution in [0.3, 0.4) is 0 Å². The molecule has 6 nitrogen and oxygen atoms in total. The molecule has 1 heterocycles. The summed E-state index contributed by atoms with van der Waals surface area (Å²) in [5, 5.41) is -0.157. The minimum absolute atomic E-state index is 0.157. The lowest BCUT2D eigenvalue weighted by atomic mass is 10.2.